The number of nitrogens with two attached hydrogens (primary N) is 1. The summed E-state index contributed by atoms with van der Waals surface area (Å²) in [5.41, 5.74) is 1.21. The second-order valence-corrected chi connectivity index (χ2v) is 14.3. The third-order valence-electron chi connectivity index (χ3n) is 7.66. The van der Waals surface area contributed by atoms with Gasteiger partial charge in [0.05, 0.1) is 11.9 Å². The molecule has 2 N–H and O–H groups in total. The molecule has 0 spiro atoms. The Bertz CT molecular complexity index is 1500. The molecular formula is C26H31F2N3O7S2. The molecule has 0 bridgehead atoms. The van der Waals surface area contributed by atoms with E-state index in [1.807, 2.05) is 0 Å². The van der Waals surface area contributed by atoms with Crippen LogP contribution in [0.5, 0.6) is 5.88 Å². The van der Waals surface area contributed by atoms with Crippen molar-refractivity contribution >= 4 is 25.8 Å². The molecule has 14 heteroatoms. The van der Waals surface area contributed by atoms with E-state index in [9.17, 15) is 30.4 Å². The molecule has 2 aromatic rings. The van der Waals surface area contributed by atoms with Gasteiger partial charge < -0.3 is 14.4 Å². The van der Waals surface area contributed by atoms with Gasteiger partial charge in [-0.25, -0.2) is 35.7 Å². The first-order valence-corrected chi connectivity index (χ1v) is 16.3. The summed E-state index contributed by atoms with van der Waals surface area (Å²) < 4.78 is 89.4. The maximum absolute atomic E-state index is 14.6. The lowest BCUT2D eigenvalue weighted by Crippen LogP contribution is -2.42. The predicted molar refractivity (Wildman–Crippen MR) is 139 cm³/mol. The van der Waals surface area contributed by atoms with E-state index in [-0.39, 0.29) is 37.8 Å². The Balaban J connectivity index is 1.28. The molecule has 0 atom stereocenters. The zero-order valence-electron chi connectivity index (χ0n) is 21.7. The van der Waals surface area contributed by atoms with E-state index in [4.69, 9.17) is 14.6 Å². The minimum absolute atomic E-state index is 0.000253. The number of primary sulfonamides is 1. The molecule has 5 rings (SSSR count). The summed E-state index contributed by atoms with van der Waals surface area (Å²) in [6.07, 6.45) is 3.78. The number of amides is 1. The van der Waals surface area contributed by atoms with Gasteiger partial charge in [-0.15, -0.1) is 0 Å². The molecule has 2 aliphatic heterocycles. The van der Waals surface area contributed by atoms with Crippen LogP contribution in [0.4, 0.5) is 8.78 Å². The van der Waals surface area contributed by atoms with E-state index in [2.05, 4.69) is 4.98 Å². The summed E-state index contributed by atoms with van der Waals surface area (Å²) in [6.45, 7) is 2.04. The van der Waals surface area contributed by atoms with Crippen LogP contribution in [-0.4, -0.2) is 70.8 Å². The second kappa shape index (κ2) is 11.3. The summed E-state index contributed by atoms with van der Waals surface area (Å²) in [7, 11) is -8.93. The zero-order valence-corrected chi connectivity index (χ0v) is 23.4. The number of carbonyl (C=O) groups is 1. The van der Waals surface area contributed by atoms with Crippen LogP contribution < -0.4 is 9.88 Å². The monoisotopic (exact) mass is 599 g/mol. The predicted octanol–water partition coefficient (Wildman–Crippen LogP) is 2.77. The van der Waals surface area contributed by atoms with Crippen LogP contribution in [0, 0.1) is 17.6 Å². The molecule has 1 aromatic heterocycles. The van der Waals surface area contributed by atoms with Gasteiger partial charge in [0.25, 0.3) is 5.91 Å². The van der Waals surface area contributed by atoms with E-state index in [1.165, 1.54) is 4.90 Å². The minimum atomic E-state index is -4.58. The molecule has 218 valence electrons. The van der Waals surface area contributed by atoms with Crippen molar-refractivity contribution in [1.82, 2.24) is 9.88 Å². The van der Waals surface area contributed by atoms with Crippen LogP contribution in [0.2, 0.25) is 0 Å². The molecule has 1 aromatic carbocycles. The van der Waals surface area contributed by atoms with Gasteiger partial charge in [-0.05, 0) is 62.6 Å². The van der Waals surface area contributed by atoms with E-state index in [0.717, 1.165) is 31.4 Å². The molecule has 3 heterocycles. The summed E-state index contributed by atoms with van der Waals surface area (Å²) in [4.78, 5) is 17.5. The fourth-order valence-electron chi connectivity index (χ4n) is 5.11. The molecular weight excluding hydrogens is 568 g/mol. The highest BCUT2D eigenvalue weighted by molar-refractivity contribution is 7.92. The number of benzene rings is 1. The van der Waals surface area contributed by atoms with Crippen LogP contribution in [0.25, 0.3) is 0 Å². The molecule has 10 nitrogen and oxygen atoms in total. The van der Waals surface area contributed by atoms with Crippen molar-refractivity contribution in [2.75, 3.05) is 32.9 Å². The lowest BCUT2D eigenvalue weighted by molar-refractivity contribution is 0.0489. The maximum Gasteiger partial charge on any atom is 0.254 e. The Hall–Kier alpha value is -2.68. The average molecular weight is 600 g/mol. The zero-order chi connectivity index (χ0) is 28.7. The number of hydrogen-bond acceptors (Lipinski definition) is 8. The first kappa shape index (κ1) is 28.8. The molecule has 0 unspecified atom stereocenters. The number of aromatic nitrogens is 1. The lowest BCUT2D eigenvalue weighted by Gasteiger charge is -2.32. The van der Waals surface area contributed by atoms with Crippen LogP contribution in [-0.2, 0) is 24.6 Å². The minimum Gasteiger partial charge on any atom is -0.477 e. The van der Waals surface area contributed by atoms with Crippen molar-refractivity contribution in [3.8, 4) is 5.88 Å². The lowest BCUT2D eigenvalue weighted by atomic mass is 10.0. The maximum atomic E-state index is 14.6. The van der Waals surface area contributed by atoms with Crippen molar-refractivity contribution in [3.05, 3.63) is 47.2 Å². The number of carbonyl (C=O) groups excluding carboxylic acids is 1. The highest BCUT2D eigenvalue weighted by Gasteiger charge is 2.37. The van der Waals surface area contributed by atoms with Gasteiger partial charge in [0.15, 0.2) is 21.5 Å². The third-order valence-corrected chi connectivity index (χ3v) is 10.9. The largest absolute Gasteiger partial charge is 0.477 e. The number of ether oxygens (including phenoxy) is 2. The fraction of sp³-hybridized carbons (Fsp3) is 0.538. The first-order valence-electron chi connectivity index (χ1n) is 13.2. The molecule has 3 fully saturated rings. The number of sulfonamides is 1. The van der Waals surface area contributed by atoms with E-state index < -0.39 is 46.5 Å². The van der Waals surface area contributed by atoms with Crippen LogP contribution in [0.3, 0.4) is 0 Å². The molecule has 40 heavy (non-hydrogen) atoms. The van der Waals surface area contributed by atoms with Gasteiger partial charge in [0, 0.05) is 49.5 Å². The summed E-state index contributed by atoms with van der Waals surface area (Å²) >= 11 is 0. The number of pyridine rings is 1. The van der Waals surface area contributed by atoms with Crippen LogP contribution in [0.1, 0.15) is 60.5 Å². The van der Waals surface area contributed by atoms with Crippen molar-refractivity contribution in [2.45, 2.75) is 59.5 Å². The van der Waals surface area contributed by atoms with Crippen molar-refractivity contribution < 1.29 is 39.9 Å². The summed E-state index contributed by atoms with van der Waals surface area (Å²) in [5.74, 6) is -2.89. The molecule has 1 aliphatic carbocycles. The highest BCUT2D eigenvalue weighted by atomic mass is 32.2. The van der Waals surface area contributed by atoms with Gasteiger partial charge in [-0.3, -0.25) is 4.79 Å². The second-order valence-electron chi connectivity index (χ2n) is 10.5. The van der Waals surface area contributed by atoms with Gasteiger partial charge >= 0.3 is 0 Å². The fourth-order valence-corrected chi connectivity index (χ4v) is 7.50. The molecule has 1 saturated carbocycles. The van der Waals surface area contributed by atoms with Gasteiger partial charge in [0.2, 0.25) is 15.9 Å². The Labute approximate surface area is 231 Å². The number of hydrogen-bond donors (Lipinski definition) is 1. The molecule has 2 saturated heterocycles. The van der Waals surface area contributed by atoms with E-state index >= 15 is 0 Å². The summed E-state index contributed by atoms with van der Waals surface area (Å²) in [5, 5.41) is 3.79. The topological polar surface area (TPSA) is 146 Å². The Morgan fingerprint density at radius 3 is 2.23 bits per heavy atom. The Morgan fingerprint density at radius 2 is 1.60 bits per heavy atom. The Kier molecular flexibility index (Phi) is 8.15. The smallest absolute Gasteiger partial charge is 0.254 e. The number of halogens is 2. The van der Waals surface area contributed by atoms with Gasteiger partial charge in [-0.1, -0.05) is 0 Å². The van der Waals surface area contributed by atoms with Crippen molar-refractivity contribution in [3.63, 3.8) is 0 Å². The van der Waals surface area contributed by atoms with Gasteiger partial charge in [-0.2, -0.15) is 0 Å². The number of piperidine rings is 1. The third kappa shape index (κ3) is 6.14. The number of likely N-dealkylation sites (tertiary alicyclic amines) is 1. The number of rotatable bonds is 8. The molecule has 3 aliphatic rings. The highest BCUT2D eigenvalue weighted by Crippen LogP contribution is 2.40. The quantitative estimate of drug-likeness (QED) is 0.488. The molecule has 1 amide bonds. The first-order chi connectivity index (χ1) is 18.9. The number of nitrogens with zero attached hydrogens (tertiary/aromatic N) is 2. The van der Waals surface area contributed by atoms with E-state index in [0.29, 0.717) is 49.3 Å². The SMILES string of the molecule is NS(=O)(=O)c1ccc(S(=O)(=O)C2CCN(C(=O)c3cc(OCC4CCOCC4)nc(C4CC4)c3)CC2)c(F)c1F. The molecule has 0 radical (unpaired) electrons. The summed E-state index contributed by atoms with van der Waals surface area (Å²) in [6, 6.07) is 4.72. The average Bonchev–Trinajstić information content (AvgIpc) is 3.78. The van der Waals surface area contributed by atoms with Gasteiger partial charge in [0.1, 0.15) is 9.79 Å². The Morgan fingerprint density at radius 1 is 0.975 bits per heavy atom. The van der Waals surface area contributed by atoms with Crippen LogP contribution in [0.15, 0.2) is 34.1 Å². The number of sulfone groups is 1. The van der Waals surface area contributed by atoms with Crippen molar-refractivity contribution in [1.29, 1.82) is 0 Å². The standard InChI is InChI=1S/C26H31F2N3O7S2/c27-24-21(3-4-22(25(24)28)40(29,35)36)39(33,34)19-5-9-31(10-6-19)26(32)18-13-20(17-1-2-17)30-23(14-18)38-15-16-7-11-37-12-8-16/h3-4,13-14,16-17,19H,1-2,5-12,15H2,(H2,29,35,36). The van der Waals surface area contributed by atoms with Crippen molar-refractivity contribution in [2.24, 2.45) is 11.1 Å². The van der Waals surface area contributed by atoms with E-state index in [1.54, 1.807) is 12.1 Å². The normalized spacial score (nSPS) is 19.5. The van der Waals surface area contributed by atoms with Crippen LogP contribution >= 0.6 is 0 Å².